The van der Waals surface area contributed by atoms with Gasteiger partial charge >= 0.3 is 0 Å². The van der Waals surface area contributed by atoms with E-state index in [1.54, 1.807) is 27.8 Å². The van der Waals surface area contributed by atoms with Crippen LogP contribution in [-0.4, -0.2) is 32.0 Å². The van der Waals surface area contributed by atoms with Gasteiger partial charge in [0.15, 0.2) is 0 Å². The number of piperidine rings is 1. The van der Waals surface area contributed by atoms with E-state index in [0.717, 1.165) is 24.3 Å². The van der Waals surface area contributed by atoms with Gasteiger partial charge in [0.05, 0.1) is 12.1 Å². The quantitative estimate of drug-likeness (QED) is 0.739. The maximum absolute atomic E-state index is 12.7. The fourth-order valence-corrected chi connectivity index (χ4v) is 2.09. The molecule has 1 heterocycles. The molecule has 0 spiro atoms. The van der Waals surface area contributed by atoms with Gasteiger partial charge in [0.25, 0.3) is 0 Å². The van der Waals surface area contributed by atoms with Crippen molar-refractivity contribution >= 4 is 6.29 Å². The number of hydrogen-bond donors (Lipinski definition) is 2. The monoisotopic (exact) mass is 242 g/mol. The van der Waals surface area contributed by atoms with E-state index in [9.17, 15) is 9.18 Å². The van der Waals surface area contributed by atoms with E-state index in [0.29, 0.717) is 5.92 Å². The Morgan fingerprint density at radius 1 is 1.53 bits per heavy atom. The molecule has 0 aromatic rings. The average Bonchev–Trinajstić information content (AvgIpc) is 3.00. The summed E-state index contributed by atoms with van der Waals surface area (Å²) in [4.78, 5) is 10.2. The second-order valence-corrected chi connectivity index (χ2v) is 5.09. The molecule has 1 saturated heterocycles. The van der Waals surface area contributed by atoms with E-state index in [4.69, 9.17) is 0 Å². The number of allylic oxidation sites excluding steroid dienone is 1. The minimum absolute atomic E-state index is 0.0579. The number of carbonyl (C=O) groups excluding carboxylic acids is 1. The number of carbonyl (C=O) groups is 1. The largest absolute Gasteiger partial charge is 0.311 e. The summed E-state index contributed by atoms with van der Waals surface area (Å²) in [5.74, 6) is 1.51. The molecule has 0 bridgehead atoms. The standard InChI is InChI=1S/C7H14FN.C6H9NO/c1-5(2)7(8)6(3)9-4;8-3-6-5-1-4(5)2-7-6/h6,9H,1-4H3;3-7H,1-2H2. The minimum Gasteiger partial charge on any atom is -0.311 e. The Hall–Kier alpha value is -0.740. The summed E-state index contributed by atoms with van der Waals surface area (Å²) in [7, 11) is 1.74. The van der Waals surface area contributed by atoms with Crippen molar-refractivity contribution in [3.8, 4) is 0 Å². The van der Waals surface area contributed by atoms with Crippen molar-refractivity contribution in [3.63, 3.8) is 0 Å². The minimum atomic E-state index is -0.144. The lowest BCUT2D eigenvalue weighted by Gasteiger charge is -2.07. The van der Waals surface area contributed by atoms with Gasteiger partial charge in [0.1, 0.15) is 12.1 Å². The van der Waals surface area contributed by atoms with E-state index in [-0.39, 0.29) is 17.9 Å². The molecule has 4 heteroatoms. The van der Waals surface area contributed by atoms with Gasteiger partial charge in [0, 0.05) is 0 Å². The highest BCUT2D eigenvalue weighted by Gasteiger charge is 2.47. The first kappa shape index (κ1) is 14.3. The van der Waals surface area contributed by atoms with Crippen molar-refractivity contribution in [3.05, 3.63) is 11.4 Å². The first-order valence-electron chi connectivity index (χ1n) is 6.20. The highest BCUT2D eigenvalue weighted by atomic mass is 19.1. The summed E-state index contributed by atoms with van der Waals surface area (Å²) < 4.78 is 12.7. The van der Waals surface area contributed by atoms with Crippen LogP contribution in [0.4, 0.5) is 4.39 Å². The second kappa shape index (κ2) is 6.26. The van der Waals surface area contributed by atoms with Crippen LogP contribution in [0.3, 0.4) is 0 Å². The Balaban J connectivity index is 0.000000170. The molecule has 0 aromatic heterocycles. The summed E-state index contributed by atoms with van der Waals surface area (Å²) in [6.45, 7) is 6.41. The number of rotatable bonds is 3. The average molecular weight is 242 g/mol. The molecule has 17 heavy (non-hydrogen) atoms. The lowest BCUT2D eigenvalue weighted by Crippen LogP contribution is -2.27. The van der Waals surface area contributed by atoms with E-state index in [1.807, 2.05) is 0 Å². The van der Waals surface area contributed by atoms with E-state index in [1.165, 1.54) is 6.42 Å². The van der Waals surface area contributed by atoms with Crippen LogP contribution in [0.15, 0.2) is 11.4 Å². The molecular formula is C13H23FN2O. The molecule has 0 amide bonds. The normalized spacial score (nSPS) is 30.8. The third-order valence-corrected chi connectivity index (χ3v) is 3.49. The lowest BCUT2D eigenvalue weighted by molar-refractivity contribution is -0.109. The van der Waals surface area contributed by atoms with E-state index < -0.39 is 0 Å². The van der Waals surface area contributed by atoms with Gasteiger partial charge < -0.3 is 15.4 Å². The number of aldehydes is 1. The molecule has 0 aromatic carbocycles. The summed E-state index contributed by atoms with van der Waals surface area (Å²) in [6.07, 6.45) is 2.33. The van der Waals surface area contributed by atoms with Crippen molar-refractivity contribution in [2.24, 2.45) is 11.8 Å². The van der Waals surface area contributed by atoms with Gasteiger partial charge in [-0.1, -0.05) is 0 Å². The lowest BCUT2D eigenvalue weighted by atomic mass is 10.2. The van der Waals surface area contributed by atoms with Crippen LogP contribution in [0.25, 0.3) is 0 Å². The molecular weight excluding hydrogens is 219 g/mol. The maximum atomic E-state index is 12.7. The van der Waals surface area contributed by atoms with Crippen LogP contribution in [-0.2, 0) is 4.79 Å². The molecule has 2 fully saturated rings. The molecule has 2 N–H and O–H groups in total. The molecule has 3 nitrogen and oxygen atoms in total. The summed E-state index contributed by atoms with van der Waals surface area (Å²) in [5.41, 5.74) is 0.747. The SMILES string of the molecule is CNC(C)C(F)=C(C)C.O=CC1NCC2CC21. The summed E-state index contributed by atoms with van der Waals surface area (Å²) in [5, 5.41) is 5.95. The van der Waals surface area contributed by atoms with Crippen LogP contribution in [0.2, 0.25) is 0 Å². The Bertz CT molecular complexity index is 300. The number of fused-ring (bicyclic) bond motifs is 1. The van der Waals surface area contributed by atoms with Crippen molar-refractivity contribution in [1.82, 2.24) is 10.6 Å². The highest BCUT2D eigenvalue weighted by Crippen LogP contribution is 2.44. The van der Waals surface area contributed by atoms with Crippen LogP contribution in [0.5, 0.6) is 0 Å². The van der Waals surface area contributed by atoms with Gasteiger partial charge in [-0.3, -0.25) is 0 Å². The van der Waals surface area contributed by atoms with E-state index >= 15 is 0 Å². The number of hydrogen-bond acceptors (Lipinski definition) is 3. The molecule has 4 atom stereocenters. The van der Waals surface area contributed by atoms with Gasteiger partial charge in [-0.05, 0) is 58.2 Å². The van der Waals surface area contributed by atoms with Crippen molar-refractivity contribution in [2.45, 2.75) is 39.3 Å². The second-order valence-electron chi connectivity index (χ2n) is 5.09. The van der Waals surface area contributed by atoms with Crippen LogP contribution >= 0.6 is 0 Å². The Morgan fingerprint density at radius 3 is 2.35 bits per heavy atom. The number of nitrogens with one attached hydrogen (secondary N) is 2. The fourth-order valence-electron chi connectivity index (χ4n) is 2.09. The summed E-state index contributed by atoms with van der Waals surface area (Å²) >= 11 is 0. The third kappa shape index (κ3) is 3.89. The van der Waals surface area contributed by atoms with Gasteiger partial charge in [0.2, 0.25) is 0 Å². The highest BCUT2D eigenvalue weighted by molar-refractivity contribution is 5.60. The molecule has 0 radical (unpaired) electrons. The first-order valence-corrected chi connectivity index (χ1v) is 6.20. The van der Waals surface area contributed by atoms with Crippen molar-refractivity contribution < 1.29 is 9.18 Å². The topological polar surface area (TPSA) is 41.1 Å². The van der Waals surface area contributed by atoms with E-state index in [2.05, 4.69) is 10.6 Å². The molecule has 98 valence electrons. The van der Waals surface area contributed by atoms with Crippen molar-refractivity contribution in [2.75, 3.05) is 13.6 Å². The van der Waals surface area contributed by atoms with Crippen LogP contribution in [0, 0.1) is 11.8 Å². The molecule has 2 rings (SSSR count). The fraction of sp³-hybridized carbons (Fsp3) is 0.769. The Kier molecular flexibility index (Phi) is 5.28. The predicted octanol–water partition coefficient (Wildman–Crippen LogP) is 1.65. The van der Waals surface area contributed by atoms with Crippen molar-refractivity contribution in [1.29, 1.82) is 0 Å². The molecule has 1 aliphatic carbocycles. The zero-order valence-electron chi connectivity index (χ0n) is 11.1. The predicted molar refractivity (Wildman–Crippen MR) is 67.5 cm³/mol. The Labute approximate surface area is 103 Å². The molecule has 4 unspecified atom stereocenters. The Morgan fingerprint density at radius 2 is 2.18 bits per heavy atom. The zero-order chi connectivity index (χ0) is 13.0. The first-order chi connectivity index (χ1) is 8.01. The van der Waals surface area contributed by atoms with Gasteiger partial charge in [-0.15, -0.1) is 0 Å². The molecule has 1 saturated carbocycles. The third-order valence-electron chi connectivity index (χ3n) is 3.49. The number of halogens is 1. The summed E-state index contributed by atoms with van der Waals surface area (Å²) in [6, 6.07) is 0.0648. The molecule has 1 aliphatic heterocycles. The maximum Gasteiger partial charge on any atom is 0.137 e. The number of likely N-dealkylation sites (N-methyl/N-ethyl adjacent to an activating group) is 1. The zero-order valence-corrected chi connectivity index (χ0v) is 11.1. The van der Waals surface area contributed by atoms with Crippen LogP contribution in [0.1, 0.15) is 27.2 Å². The smallest absolute Gasteiger partial charge is 0.137 e. The van der Waals surface area contributed by atoms with Gasteiger partial charge in [-0.2, -0.15) is 0 Å². The van der Waals surface area contributed by atoms with Gasteiger partial charge in [-0.25, -0.2) is 4.39 Å². The van der Waals surface area contributed by atoms with Crippen LogP contribution < -0.4 is 10.6 Å². The molecule has 2 aliphatic rings.